The molecule has 0 unspecified atom stereocenters. The molecule has 1 fully saturated rings. The predicted octanol–water partition coefficient (Wildman–Crippen LogP) is 2.83. The minimum absolute atomic E-state index is 0.00783. The molecule has 0 bridgehead atoms. The molecule has 8 heteroatoms. The Morgan fingerprint density at radius 2 is 1.83 bits per heavy atom. The number of ether oxygens (including phenoxy) is 1. The number of nitro benzene ring substituents is 1. The van der Waals surface area contributed by atoms with E-state index in [1.54, 1.807) is 19.1 Å². The zero-order chi connectivity index (χ0) is 20.8. The second kappa shape index (κ2) is 9.18. The van der Waals surface area contributed by atoms with Gasteiger partial charge in [0.2, 0.25) is 0 Å². The maximum absolute atomic E-state index is 12.3. The number of nitrogens with zero attached hydrogens (tertiary/aromatic N) is 2. The molecule has 8 nitrogen and oxygen atoms in total. The van der Waals surface area contributed by atoms with Crippen molar-refractivity contribution in [1.82, 2.24) is 10.2 Å². The van der Waals surface area contributed by atoms with Crippen LogP contribution in [0.4, 0.5) is 5.69 Å². The number of likely N-dealkylation sites (tertiary alicyclic amines) is 1. The normalized spacial score (nSPS) is 13.2. The number of aryl methyl sites for hydroxylation is 1. The van der Waals surface area contributed by atoms with E-state index in [9.17, 15) is 19.7 Å². The molecule has 152 valence electrons. The number of nitrogens with one attached hydrogen (secondary N) is 1. The van der Waals surface area contributed by atoms with Gasteiger partial charge in [-0.3, -0.25) is 19.7 Å². The zero-order valence-corrected chi connectivity index (χ0v) is 16.2. The lowest BCUT2D eigenvalue weighted by Gasteiger charge is -2.15. The van der Waals surface area contributed by atoms with Crippen LogP contribution in [-0.2, 0) is 11.3 Å². The third-order valence-corrected chi connectivity index (χ3v) is 4.82. The van der Waals surface area contributed by atoms with Crippen LogP contribution in [0.25, 0.3) is 0 Å². The molecule has 2 amide bonds. The van der Waals surface area contributed by atoms with E-state index < -0.39 is 4.92 Å². The van der Waals surface area contributed by atoms with Gasteiger partial charge in [-0.2, -0.15) is 0 Å². The molecule has 0 radical (unpaired) electrons. The van der Waals surface area contributed by atoms with E-state index in [-0.39, 0.29) is 24.1 Å². The fourth-order valence-corrected chi connectivity index (χ4v) is 3.19. The first-order valence-electron chi connectivity index (χ1n) is 9.47. The van der Waals surface area contributed by atoms with Gasteiger partial charge in [0.25, 0.3) is 17.5 Å². The number of benzene rings is 2. The predicted molar refractivity (Wildman–Crippen MR) is 107 cm³/mol. The first-order chi connectivity index (χ1) is 13.9. The van der Waals surface area contributed by atoms with Gasteiger partial charge in [0.15, 0.2) is 6.61 Å². The summed E-state index contributed by atoms with van der Waals surface area (Å²) in [6, 6.07) is 11.6. The molecule has 2 aromatic carbocycles. The van der Waals surface area contributed by atoms with Crippen LogP contribution in [0.2, 0.25) is 0 Å². The monoisotopic (exact) mass is 397 g/mol. The zero-order valence-electron chi connectivity index (χ0n) is 16.2. The van der Waals surface area contributed by atoms with Crippen LogP contribution < -0.4 is 10.1 Å². The van der Waals surface area contributed by atoms with Crippen molar-refractivity contribution >= 4 is 17.5 Å². The SMILES string of the molecule is Cc1cc(OCC(=O)NCc2ccc(C(=O)N3CCCC3)cc2)ccc1[N+](=O)[O-]. The summed E-state index contributed by atoms with van der Waals surface area (Å²) in [6.07, 6.45) is 2.11. The van der Waals surface area contributed by atoms with Crippen molar-refractivity contribution in [3.63, 3.8) is 0 Å². The molecule has 1 saturated heterocycles. The third kappa shape index (κ3) is 5.31. The van der Waals surface area contributed by atoms with Gasteiger partial charge in [-0.15, -0.1) is 0 Å². The van der Waals surface area contributed by atoms with Crippen LogP contribution in [-0.4, -0.2) is 41.3 Å². The van der Waals surface area contributed by atoms with E-state index in [1.165, 1.54) is 18.2 Å². The first-order valence-corrected chi connectivity index (χ1v) is 9.47. The fraction of sp³-hybridized carbons (Fsp3) is 0.333. The molecule has 0 aromatic heterocycles. The molecule has 0 atom stereocenters. The second-order valence-electron chi connectivity index (χ2n) is 6.97. The molecular formula is C21H23N3O5. The molecule has 1 aliphatic heterocycles. The molecule has 0 saturated carbocycles. The fourth-order valence-electron chi connectivity index (χ4n) is 3.19. The number of hydrogen-bond acceptors (Lipinski definition) is 5. The number of hydrogen-bond donors (Lipinski definition) is 1. The van der Waals surface area contributed by atoms with E-state index >= 15 is 0 Å². The molecule has 1 N–H and O–H groups in total. The van der Waals surface area contributed by atoms with Gasteiger partial charge in [-0.05, 0) is 49.6 Å². The maximum atomic E-state index is 12.3. The molecule has 3 rings (SSSR count). The second-order valence-corrected chi connectivity index (χ2v) is 6.97. The molecule has 0 aliphatic carbocycles. The van der Waals surface area contributed by atoms with Crippen molar-refractivity contribution in [1.29, 1.82) is 0 Å². The van der Waals surface area contributed by atoms with E-state index in [0.717, 1.165) is 31.5 Å². The van der Waals surface area contributed by atoms with Crippen molar-refractivity contribution in [2.24, 2.45) is 0 Å². The van der Waals surface area contributed by atoms with Crippen LogP contribution in [0.5, 0.6) is 5.75 Å². The van der Waals surface area contributed by atoms with E-state index in [2.05, 4.69) is 5.32 Å². The van der Waals surface area contributed by atoms with Crippen LogP contribution >= 0.6 is 0 Å². The summed E-state index contributed by atoms with van der Waals surface area (Å²) in [4.78, 5) is 36.5. The van der Waals surface area contributed by atoms with E-state index in [1.807, 2.05) is 17.0 Å². The lowest BCUT2D eigenvalue weighted by molar-refractivity contribution is -0.385. The van der Waals surface area contributed by atoms with Gasteiger partial charge >= 0.3 is 0 Å². The number of carbonyl (C=O) groups is 2. The summed E-state index contributed by atoms with van der Waals surface area (Å²) in [5.74, 6) is 0.135. The summed E-state index contributed by atoms with van der Waals surface area (Å²) in [5, 5.41) is 13.6. The number of amides is 2. The average Bonchev–Trinajstić information content (AvgIpc) is 3.25. The summed E-state index contributed by atoms with van der Waals surface area (Å²) in [7, 11) is 0. The highest BCUT2D eigenvalue weighted by molar-refractivity contribution is 5.94. The van der Waals surface area contributed by atoms with Crippen molar-refractivity contribution in [3.8, 4) is 5.75 Å². The van der Waals surface area contributed by atoms with Gasteiger partial charge in [-0.1, -0.05) is 12.1 Å². The smallest absolute Gasteiger partial charge is 0.272 e. The van der Waals surface area contributed by atoms with Gasteiger partial charge in [-0.25, -0.2) is 0 Å². The highest BCUT2D eigenvalue weighted by atomic mass is 16.6. The van der Waals surface area contributed by atoms with Crippen LogP contribution in [0.3, 0.4) is 0 Å². The largest absolute Gasteiger partial charge is 0.484 e. The third-order valence-electron chi connectivity index (χ3n) is 4.82. The Hall–Kier alpha value is -3.42. The minimum Gasteiger partial charge on any atom is -0.484 e. The van der Waals surface area contributed by atoms with Gasteiger partial charge in [0, 0.05) is 36.8 Å². The number of rotatable bonds is 7. The minimum atomic E-state index is -0.462. The van der Waals surface area contributed by atoms with Crippen LogP contribution in [0, 0.1) is 17.0 Å². The molecule has 1 heterocycles. The van der Waals surface area contributed by atoms with Crippen molar-refractivity contribution in [2.75, 3.05) is 19.7 Å². The molecule has 2 aromatic rings. The Bertz CT molecular complexity index is 905. The standard InChI is InChI=1S/C21H23N3O5/c1-15-12-18(8-9-19(15)24(27)28)29-14-20(25)22-13-16-4-6-17(7-5-16)21(26)23-10-2-3-11-23/h4-9,12H,2-3,10-11,13-14H2,1H3,(H,22,25). The van der Waals surface area contributed by atoms with Crippen molar-refractivity contribution in [3.05, 3.63) is 69.3 Å². The maximum Gasteiger partial charge on any atom is 0.272 e. The average molecular weight is 397 g/mol. The molecule has 1 aliphatic rings. The van der Waals surface area contributed by atoms with E-state index in [0.29, 0.717) is 23.4 Å². The molecular weight excluding hydrogens is 374 g/mol. The Morgan fingerprint density at radius 1 is 1.14 bits per heavy atom. The van der Waals surface area contributed by atoms with Crippen LogP contribution in [0.15, 0.2) is 42.5 Å². The van der Waals surface area contributed by atoms with Gasteiger partial charge in [0.05, 0.1) is 4.92 Å². The lowest BCUT2D eigenvalue weighted by Crippen LogP contribution is -2.29. The Balaban J connectivity index is 1.46. The Kier molecular flexibility index (Phi) is 6.43. The summed E-state index contributed by atoms with van der Waals surface area (Å²) in [5.41, 5.74) is 2.01. The van der Waals surface area contributed by atoms with Crippen molar-refractivity contribution < 1.29 is 19.2 Å². The quantitative estimate of drug-likeness (QED) is 0.572. The van der Waals surface area contributed by atoms with Crippen LogP contribution in [0.1, 0.15) is 34.3 Å². The summed E-state index contributed by atoms with van der Waals surface area (Å²) in [6.45, 7) is 3.36. The van der Waals surface area contributed by atoms with Gasteiger partial charge in [0.1, 0.15) is 5.75 Å². The Morgan fingerprint density at radius 3 is 2.45 bits per heavy atom. The first kappa shape index (κ1) is 20.3. The topological polar surface area (TPSA) is 102 Å². The van der Waals surface area contributed by atoms with Crippen molar-refractivity contribution in [2.45, 2.75) is 26.3 Å². The summed E-state index contributed by atoms with van der Waals surface area (Å²) >= 11 is 0. The number of carbonyl (C=O) groups excluding carboxylic acids is 2. The number of nitro groups is 1. The highest BCUT2D eigenvalue weighted by Gasteiger charge is 2.19. The Labute approximate surface area is 168 Å². The molecule has 0 spiro atoms. The molecule has 29 heavy (non-hydrogen) atoms. The summed E-state index contributed by atoms with van der Waals surface area (Å²) < 4.78 is 5.39. The highest BCUT2D eigenvalue weighted by Crippen LogP contribution is 2.23. The lowest BCUT2D eigenvalue weighted by atomic mass is 10.1. The van der Waals surface area contributed by atoms with Gasteiger partial charge < -0.3 is 15.0 Å². The van der Waals surface area contributed by atoms with E-state index in [4.69, 9.17) is 4.74 Å².